The Bertz CT molecular complexity index is 1320. The molecule has 8 heteroatoms. The SMILES string of the molecule is CC(C)N(C)S(=O)(=O)c1cccc(C(=O)N(Cc2ccc(C#N)cc2)Cc2cccc(F)c2)c1. The summed E-state index contributed by atoms with van der Waals surface area (Å²) in [6, 6.07) is 20.6. The first-order valence-corrected chi connectivity index (χ1v) is 12.2. The molecule has 3 aromatic carbocycles. The largest absolute Gasteiger partial charge is 0.330 e. The highest BCUT2D eigenvalue weighted by atomic mass is 32.2. The molecule has 0 radical (unpaired) electrons. The zero-order chi connectivity index (χ0) is 24.9. The maximum absolute atomic E-state index is 13.8. The van der Waals surface area contributed by atoms with E-state index >= 15 is 0 Å². The highest BCUT2D eigenvalue weighted by molar-refractivity contribution is 7.89. The predicted octanol–water partition coefficient (Wildman–Crippen LogP) is 4.57. The molecule has 0 fully saturated rings. The maximum Gasteiger partial charge on any atom is 0.254 e. The van der Waals surface area contributed by atoms with E-state index < -0.39 is 21.7 Å². The summed E-state index contributed by atoms with van der Waals surface area (Å²) in [6.07, 6.45) is 0. The van der Waals surface area contributed by atoms with Crippen LogP contribution in [0, 0.1) is 17.1 Å². The Balaban J connectivity index is 1.96. The van der Waals surface area contributed by atoms with E-state index in [-0.39, 0.29) is 29.6 Å². The summed E-state index contributed by atoms with van der Waals surface area (Å²) in [6.45, 7) is 3.86. The highest BCUT2D eigenvalue weighted by Gasteiger charge is 2.25. The number of halogens is 1. The number of amides is 1. The van der Waals surface area contributed by atoms with Crippen LogP contribution in [0.2, 0.25) is 0 Å². The van der Waals surface area contributed by atoms with Crippen LogP contribution in [-0.2, 0) is 23.1 Å². The second kappa shape index (κ2) is 10.6. The Labute approximate surface area is 199 Å². The molecular formula is C26H26FN3O3S. The summed E-state index contributed by atoms with van der Waals surface area (Å²) in [7, 11) is -2.27. The summed E-state index contributed by atoms with van der Waals surface area (Å²) in [5.74, 6) is -0.800. The first-order valence-electron chi connectivity index (χ1n) is 10.7. The molecule has 0 aliphatic carbocycles. The van der Waals surface area contributed by atoms with Crippen molar-refractivity contribution in [3.05, 3.63) is 101 Å². The Morgan fingerprint density at radius 3 is 2.24 bits per heavy atom. The molecule has 34 heavy (non-hydrogen) atoms. The van der Waals surface area contributed by atoms with Gasteiger partial charge >= 0.3 is 0 Å². The van der Waals surface area contributed by atoms with Gasteiger partial charge in [0.1, 0.15) is 5.82 Å². The molecule has 0 spiro atoms. The molecule has 0 bridgehead atoms. The molecule has 0 unspecified atom stereocenters. The molecule has 0 saturated heterocycles. The van der Waals surface area contributed by atoms with Crippen LogP contribution >= 0.6 is 0 Å². The molecule has 6 nitrogen and oxygen atoms in total. The van der Waals surface area contributed by atoms with E-state index in [1.165, 1.54) is 46.6 Å². The minimum atomic E-state index is -3.77. The van der Waals surface area contributed by atoms with Crippen LogP contribution in [0.3, 0.4) is 0 Å². The number of benzene rings is 3. The number of rotatable bonds is 8. The van der Waals surface area contributed by atoms with Crippen LogP contribution in [0.1, 0.15) is 40.9 Å². The van der Waals surface area contributed by atoms with Crippen molar-refractivity contribution >= 4 is 15.9 Å². The van der Waals surface area contributed by atoms with Gasteiger partial charge < -0.3 is 4.90 Å². The number of carbonyl (C=O) groups excluding carboxylic acids is 1. The van der Waals surface area contributed by atoms with Crippen LogP contribution in [0.5, 0.6) is 0 Å². The average Bonchev–Trinajstić information content (AvgIpc) is 2.83. The van der Waals surface area contributed by atoms with E-state index in [1.807, 2.05) is 0 Å². The quantitative estimate of drug-likeness (QED) is 0.474. The van der Waals surface area contributed by atoms with Crippen molar-refractivity contribution in [2.75, 3.05) is 7.05 Å². The van der Waals surface area contributed by atoms with E-state index in [1.54, 1.807) is 56.3 Å². The van der Waals surface area contributed by atoms with Gasteiger partial charge in [-0.1, -0.05) is 30.3 Å². The van der Waals surface area contributed by atoms with Gasteiger partial charge in [-0.25, -0.2) is 12.8 Å². The third-order valence-corrected chi connectivity index (χ3v) is 7.52. The second-order valence-corrected chi connectivity index (χ2v) is 10.2. The van der Waals surface area contributed by atoms with Crippen LogP contribution in [0.4, 0.5) is 4.39 Å². The summed E-state index contributed by atoms with van der Waals surface area (Å²) in [5, 5.41) is 9.03. The molecule has 3 aromatic rings. The Kier molecular flexibility index (Phi) is 7.82. The van der Waals surface area contributed by atoms with Gasteiger partial charge in [-0.15, -0.1) is 0 Å². The van der Waals surface area contributed by atoms with Crippen LogP contribution < -0.4 is 0 Å². The average molecular weight is 480 g/mol. The normalized spacial score (nSPS) is 11.4. The molecule has 3 rings (SSSR count). The van der Waals surface area contributed by atoms with Gasteiger partial charge in [0.25, 0.3) is 5.91 Å². The summed E-state index contributed by atoms with van der Waals surface area (Å²) in [5.41, 5.74) is 2.10. The number of carbonyl (C=O) groups is 1. The number of hydrogen-bond acceptors (Lipinski definition) is 4. The van der Waals surface area contributed by atoms with E-state index in [4.69, 9.17) is 5.26 Å². The molecular weight excluding hydrogens is 453 g/mol. The van der Waals surface area contributed by atoms with Crippen molar-refractivity contribution in [2.24, 2.45) is 0 Å². The first-order chi connectivity index (χ1) is 16.1. The first kappa shape index (κ1) is 25.1. The molecule has 0 aliphatic rings. The Hall–Kier alpha value is -3.54. The third kappa shape index (κ3) is 5.87. The third-order valence-electron chi connectivity index (χ3n) is 5.49. The van der Waals surface area contributed by atoms with Gasteiger partial charge in [-0.05, 0) is 67.4 Å². The predicted molar refractivity (Wildman–Crippen MR) is 128 cm³/mol. The van der Waals surface area contributed by atoms with Crippen molar-refractivity contribution in [2.45, 2.75) is 37.9 Å². The van der Waals surface area contributed by atoms with Crippen LogP contribution in [0.15, 0.2) is 77.7 Å². The van der Waals surface area contributed by atoms with Gasteiger partial charge in [0.05, 0.1) is 16.5 Å². The number of sulfonamides is 1. The topological polar surface area (TPSA) is 81.5 Å². The minimum absolute atomic E-state index is 0.0265. The molecule has 0 atom stereocenters. The summed E-state index contributed by atoms with van der Waals surface area (Å²) >= 11 is 0. The van der Waals surface area contributed by atoms with E-state index in [0.29, 0.717) is 11.1 Å². The standard InChI is InChI=1S/C26H26FN3O3S/c1-19(2)29(3)34(32,33)25-9-5-7-23(15-25)26(31)30(18-22-6-4-8-24(27)14-22)17-21-12-10-20(16-28)11-13-21/h4-15,19H,17-18H2,1-3H3. The van der Waals surface area contributed by atoms with Crippen molar-refractivity contribution in [3.63, 3.8) is 0 Å². The summed E-state index contributed by atoms with van der Waals surface area (Å²) in [4.78, 5) is 15.1. The van der Waals surface area contributed by atoms with Gasteiger partial charge in [-0.3, -0.25) is 4.79 Å². The van der Waals surface area contributed by atoms with Gasteiger partial charge in [0.15, 0.2) is 0 Å². The molecule has 0 aliphatic heterocycles. The van der Waals surface area contributed by atoms with Crippen molar-refractivity contribution in [3.8, 4) is 6.07 Å². The molecule has 0 heterocycles. The fourth-order valence-electron chi connectivity index (χ4n) is 3.38. The molecule has 1 amide bonds. The second-order valence-electron chi connectivity index (χ2n) is 8.24. The monoisotopic (exact) mass is 479 g/mol. The lowest BCUT2D eigenvalue weighted by atomic mass is 10.1. The Morgan fingerprint density at radius 2 is 1.62 bits per heavy atom. The molecule has 176 valence electrons. The van der Waals surface area contributed by atoms with E-state index in [0.717, 1.165) is 5.56 Å². The zero-order valence-corrected chi connectivity index (χ0v) is 20.1. The molecule has 0 N–H and O–H groups in total. The zero-order valence-electron chi connectivity index (χ0n) is 19.3. The molecule has 0 saturated carbocycles. The number of nitrogens with zero attached hydrogens (tertiary/aromatic N) is 3. The number of nitriles is 1. The van der Waals surface area contributed by atoms with E-state index in [2.05, 4.69) is 6.07 Å². The minimum Gasteiger partial charge on any atom is -0.330 e. The lowest BCUT2D eigenvalue weighted by Gasteiger charge is -2.24. The van der Waals surface area contributed by atoms with Gasteiger partial charge in [0.2, 0.25) is 10.0 Å². The number of hydrogen-bond donors (Lipinski definition) is 0. The van der Waals surface area contributed by atoms with Gasteiger partial charge in [-0.2, -0.15) is 9.57 Å². The highest BCUT2D eigenvalue weighted by Crippen LogP contribution is 2.21. The summed E-state index contributed by atoms with van der Waals surface area (Å²) < 4.78 is 40.9. The fraction of sp³-hybridized carbons (Fsp3) is 0.231. The van der Waals surface area contributed by atoms with Crippen LogP contribution in [0.25, 0.3) is 0 Å². The van der Waals surface area contributed by atoms with Crippen LogP contribution in [-0.4, -0.2) is 36.6 Å². The maximum atomic E-state index is 13.8. The molecule has 0 aromatic heterocycles. The van der Waals surface area contributed by atoms with Crippen molar-refractivity contribution in [1.29, 1.82) is 5.26 Å². The van der Waals surface area contributed by atoms with Crippen molar-refractivity contribution in [1.82, 2.24) is 9.21 Å². The fourth-order valence-corrected chi connectivity index (χ4v) is 4.79. The smallest absolute Gasteiger partial charge is 0.254 e. The van der Waals surface area contributed by atoms with E-state index in [9.17, 15) is 17.6 Å². The van der Waals surface area contributed by atoms with Gasteiger partial charge in [0, 0.05) is 31.7 Å². The Morgan fingerprint density at radius 1 is 0.971 bits per heavy atom. The lowest BCUT2D eigenvalue weighted by Crippen LogP contribution is -2.33. The van der Waals surface area contributed by atoms with Crippen molar-refractivity contribution < 1.29 is 17.6 Å². The lowest BCUT2D eigenvalue weighted by molar-refractivity contribution is 0.0729.